The molecule has 1 unspecified atom stereocenters. The Morgan fingerprint density at radius 2 is 1.82 bits per heavy atom. The number of amides is 1. The predicted molar refractivity (Wildman–Crippen MR) is 147 cm³/mol. The van der Waals surface area contributed by atoms with Crippen LogP contribution in [0.2, 0.25) is 0 Å². The van der Waals surface area contributed by atoms with Crippen molar-refractivity contribution in [3.63, 3.8) is 0 Å². The van der Waals surface area contributed by atoms with E-state index in [2.05, 4.69) is 61.8 Å². The number of carbonyl (C=O) groups excluding carboxylic acids is 1. The number of aromatic amines is 1. The number of nitrogens with zero attached hydrogens (tertiary/aromatic N) is 4. The summed E-state index contributed by atoms with van der Waals surface area (Å²) in [6, 6.07) is 23.1. The Morgan fingerprint density at radius 3 is 2.74 bits per heavy atom. The van der Waals surface area contributed by atoms with Gasteiger partial charge in [0.2, 0.25) is 0 Å². The summed E-state index contributed by atoms with van der Waals surface area (Å²) >= 11 is 0. The molecular formula is C30H26N6O2. The number of carbonyl (C=O) groups is 1. The number of phenolic OH excluding ortho intramolecular Hbond substituents is 1. The monoisotopic (exact) mass is 502 g/mol. The third kappa shape index (κ3) is 4.59. The van der Waals surface area contributed by atoms with E-state index >= 15 is 0 Å². The number of para-hydroxylation sites is 1. The summed E-state index contributed by atoms with van der Waals surface area (Å²) in [4.78, 5) is 24.8. The van der Waals surface area contributed by atoms with Gasteiger partial charge in [0.1, 0.15) is 17.7 Å². The van der Waals surface area contributed by atoms with E-state index in [4.69, 9.17) is 0 Å². The summed E-state index contributed by atoms with van der Waals surface area (Å²) in [6.07, 6.45) is 8.70. The number of H-pyrrole nitrogens is 1. The van der Waals surface area contributed by atoms with Gasteiger partial charge >= 0.3 is 0 Å². The zero-order valence-corrected chi connectivity index (χ0v) is 20.6. The molecule has 3 N–H and O–H groups in total. The molecule has 188 valence electrons. The number of nitrogens with one attached hydrogen (secondary N) is 2. The summed E-state index contributed by atoms with van der Waals surface area (Å²) in [5.41, 5.74) is 3.94. The third-order valence-electron chi connectivity index (χ3n) is 6.88. The molecule has 0 saturated carbocycles. The fraction of sp³-hybridized carbons (Fsp3) is 0.133. The molecule has 0 radical (unpaired) electrons. The molecule has 0 spiro atoms. The minimum absolute atomic E-state index is 0.0436. The standard InChI is InChI=1S/C30H26N6O2/c37-27-11-4-3-10-25(27)30(38)32-17-23(13-12-21-8-5-7-20-6-1-2-9-24(20)21)36-18-22(16-35-36)28-26-14-15-31-29(26)34-19-33-28/h1-11,14-16,18-19,23,37H,12-13,17H2,(H,32,38)(H,31,33,34). The minimum Gasteiger partial charge on any atom is -0.507 e. The molecule has 6 rings (SSSR count). The largest absolute Gasteiger partial charge is 0.507 e. The maximum absolute atomic E-state index is 12.9. The molecular weight excluding hydrogens is 476 g/mol. The highest BCUT2D eigenvalue weighted by Crippen LogP contribution is 2.27. The number of aryl methyl sites for hydroxylation is 1. The van der Waals surface area contributed by atoms with E-state index in [1.54, 1.807) is 24.4 Å². The molecule has 3 aromatic heterocycles. The Hall–Kier alpha value is -4.98. The van der Waals surface area contributed by atoms with Crippen LogP contribution in [0.15, 0.2) is 97.7 Å². The Morgan fingerprint density at radius 1 is 0.974 bits per heavy atom. The summed E-state index contributed by atoms with van der Waals surface area (Å²) in [6.45, 7) is 0.350. The minimum atomic E-state index is -0.324. The van der Waals surface area contributed by atoms with Crippen molar-refractivity contribution in [2.75, 3.05) is 6.54 Å². The van der Waals surface area contributed by atoms with Crippen LogP contribution in [0.25, 0.3) is 33.1 Å². The number of aromatic nitrogens is 5. The first-order chi connectivity index (χ1) is 18.7. The molecule has 3 heterocycles. The molecule has 8 heteroatoms. The highest BCUT2D eigenvalue weighted by atomic mass is 16.3. The van der Waals surface area contributed by atoms with Gasteiger partial charge in [-0.25, -0.2) is 9.97 Å². The summed E-state index contributed by atoms with van der Waals surface area (Å²) in [7, 11) is 0. The zero-order valence-electron chi connectivity index (χ0n) is 20.6. The summed E-state index contributed by atoms with van der Waals surface area (Å²) in [5.74, 6) is -0.367. The molecule has 0 aliphatic heterocycles. The van der Waals surface area contributed by atoms with Crippen molar-refractivity contribution in [3.8, 4) is 17.0 Å². The van der Waals surface area contributed by atoms with E-state index < -0.39 is 0 Å². The van der Waals surface area contributed by atoms with Crippen molar-refractivity contribution < 1.29 is 9.90 Å². The average molecular weight is 503 g/mol. The highest BCUT2D eigenvalue weighted by Gasteiger charge is 2.18. The number of fused-ring (bicyclic) bond motifs is 2. The van der Waals surface area contributed by atoms with E-state index in [-0.39, 0.29) is 23.3 Å². The number of rotatable bonds is 8. The quantitative estimate of drug-likeness (QED) is 0.262. The fourth-order valence-electron chi connectivity index (χ4n) is 4.89. The molecule has 0 fully saturated rings. The lowest BCUT2D eigenvalue weighted by molar-refractivity contribution is 0.0943. The van der Waals surface area contributed by atoms with Crippen LogP contribution in [-0.2, 0) is 6.42 Å². The van der Waals surface area contributed by atoms with Crippen LogP contribution in [0.5, 0.6) is 5.75 Å². The Labute approximate surface area is 219 Å². The predicted octanol–water partition coefficient (Wildman–Crippen LogP) is 5.28. The van der Waals surface area contributed by atoms with Gasteiger partial charge in [0.15, 0.2) is 0 Å². The lowest BCUT2D eigenvalue weighted by Crippen LogP contribution is -2.31. The first-order valence-electron chi connectivity index (χ1n) is 12.5. The van der Waals surface area contributed by atoms with Gasteiger partial charge < -0.3 is 15.4 Å². The van der Waals surface area contributed by atoms with Gasteiger partial charge in [-0.2, -0.15) is 5.10 Å². The number of aromatic hydroxyl groups is 1. The zero-order chi connectivity index (χ0) is 25.9. The molecule has 0 saturated heterocycles. The summed E-state index contributed by atoms with van der Waals surface area (Å²) in [5, 5.41) is 21.1. The van der Waals surface area contributed by atoms with Crippen molar-refractivity contribution in [2.24, 2.45) is 0 Å². The highest BCUT2D eigenvalue weighted by molar-refractivity contribution is 5.96. The van der Waals surface area contributed by atoms with Crippen LogP contribution < -0.4 is 5.32 Å². The molecule has 3 aromatic carbocycles. The van der Waals surface area contributed by atoms with E-state index in [1.807, 2.05) is 29.2 Å². The first kappa shape index (κ1) is 23.4. The van der Waals surface area contributed by atoms with Crippen molar-refractivity contribution in [1.82, 2.24) is 30.0 Å². The second kappa shape index (κ2) is 10.2. The van der Waals surface area contributed by atoms with Gasteiger partial charge in [0, 0.05) is 29.9 Å². The molecule has 38 heavy (non-hydrogen) atoms. The second-order valence-electron chi connectivity index (χ2n) is 9.23. The number of hydrogen-bond acceptors (Lipinski definition) is 5. The maximum atomic E-state index is 12.9. The molecule has 1 atom stereocenters. The van der Waals surface area contributed by atoms with Gasteiger partial charge in [-0.3, -0.25) is 9.48 Å². The van der Waals surface area contributed by atoms with Crippen LogP contribution in [0.1, 0.15) is 28.4 Å². The average Bonchev–Trinajstić information content (AvgIpc) is 3.63. The lowest BCUT2D eigenvalue weighted by Gasteiger charge is -2.19. The number of benzene rings is 3. The van der Waals surface area contributed by atoms with E-state index in [0.29, 0.717) is 6.54 Å². The molecule has 1 amide bonds. The molecule has 0 aliphatic rings. The van der Waals surface area contributed by atoms with Crippen LogP contribution in [0.3, 0.4) is 0 Å². The molecule has 0 bridgehead atoms. The first-order valence-corrected chi connectivity index (χ1v) is 12.5. The smallest absolute Gasteiger partial charge is 0.255 e. The number of phenols is 1. The normalized spacial score (nSPS) is 12.1. The van der Waals surface area contributed by atoms with Gasteiger partial charge in [-0.15, -0.1) is 0 Å². The molecule has 0 aliphatic carbocycles. The van der Waals surface area contributed by atoms with Crippen LogP contribution in [0.4, 0.5) is 0 Å². The van der Waals surface area contributed by atoms with Gasteiger partial charge in [-0.05, 0) is 47.4 Å². The second-order valence-corrected chi connectivity index (χ2v) is 9.23. The SMILES string of the molecule is O=C(NCC(CCc1cccc2ccccc12)n1cc(-c2ncnc3[nH]ccc23)cn1)c1ccccc1O. The van der Waals surface area contributed by atoms with Crippen molar-refractivity contribution in [1.29, 1.82) is 0 Å². The molecule has 8 nitrogen and oxygen atoms in total. The lowest BCUT2D eigenvalue weighted by atomic mass is 9.98. The van der Waals surface area contributed by atoms with Crippen LogP contribution in [0, 0.1) is 0 Å². The Bertz CT molecular complexity index is 1730. The topological polar surface area (TPSA) is 109 Å². The van der Waals surface area contributed by atoms with Gasteiger partial charge in [0.05, 0.1) is 23.5 Å². The molecule has 6 aromatic rings. The van der Waals surface area contributed by atoms with Crippen molar-refractivity contribution in [3.05, 3.63) is 109 Å². The number of hydrogen-bond donors (Lipinski definition) is 3. The Balaban J connectivity index is 1.28. The fourth-order valence-corrected chi connectivity index (χ4v) is 4.89. The van der Waals surface area contributed by atoms with Crippen molar-refractivity contribution >= 4 is 27.7 Å². The van der Waals surface area contributed by atoms with Crippen LogP contribution in [-0.4, -0.2) is 42.3 Å². The summed E-state index contributed by atoms with van der Waals surface area (Å²) < 4.78 is 1.90. The van der Waals surface area contributed by atoms with E-state index in [0.717, 1.165) is 35.1 Å². The van der Waals surface area contributed by atoms with E-state index in [9.17, 15) is 9.90 Å². The van der Waals surface area contributed by atoms with Gasteiger partial charge in [-0.1, -0.05) is 54.6 Å². The maximum Gasteiger partial charge on any atom is 0.255 e. The third-order valence-corrected chi connectivity index (χ3v) is 6.88. The Kier molecular flexibility index (Phi) is 6.27. The van der Waals surface area contributed by atoms with Crippen LogP contribution >= 0.6 is 0 Å². The van der Waals surface area contributed by atoms with Gasteiger partial charge in [0.25, 0.3) is 5.91 Å². The van der Waals surface area contributed by atoms with Crippen molar-refractivity contribution in [2.45, 2.75) is 18.9 Å². The van der Waals surface area contributed by atoms with E-state index in [1.165, 1.54) is 28.7 Å².